The number of carbonyl (C=O) groups is 2. The van der Waals surface area contributed by atoms with Gasteiger partial charge in [0.15, 0.2) is 5.78 Å². The molecule has 2 aliphatic carbocycles. The van der Waals surface area contributed by atoms with Crippen molar-refractivity contribution >= 4 is 11.6 Å². The van der Waals surface area contributed by atoms with Crippen LogP contribution in [0, 0.1) is 12.7 Å². The summed E-state index contributed by atoms with van der Waals surface area (Å²) in [5, 5.41) is 0. The Hall–Kier alpha value is -4.05. The number of methoxy groups -OCH3 is 1. The van der Waals surface area contributed by atoms with E-state index >= 15 is 0 Å². The Labute approximate surface area is 242 Å². The van der Waals surface area contributed by atoms with Crippen LogP contribution in [-0.4, -0.2) is 18.7 Å². The number of ketones is 2. The van der Waals surface area contributed by atoms with Crippen LogP contribution in [0.1, 0.15) is 83.5 Å². The highest BCUT2D eigenvalue weighted by Crippen LogP contribution is 2.47. The molecule has 0 saturated carbocycles. The predicted octanol–water partition coefficient (Wildman–Crippen LogP) is 8.78. The fourth-order valence-electron chi connectivity index (χ4n) is 6.11. The number of hydrogen-bond donors (Lipinski definition) is 0. The summed E-state index contributed by atoms with van der Waals surface area (Å²) in [6, 6.07) is 20.2. The first kappa shape index (κ1) is 28.5. The van der Waals surface area contributed by atoms with Crippen molar-refractivity contribution in [2.45, 2.75) is 64.2 Å². The molecular formula is C37H37FO3. The van der Waals surface area contributed by atoms with Crippen molar-refractivity contribution in [1.29, 1.82) is 0 Å². The highest BCUT2D eigenvalue weighted by Gasteiger charge is 2.35. The molecule has 2 aliphatic rings. The molecule has 0 radical (unpaired) electrons. The maximum absolute atomic E-state index is 13.9. The summed E-state index contributed by atoms with van der Waals surface area (Å²) in [5.41, 5.74) is 7.91. The number of carbonyl (C=O) groups excluding carboxylic acids is 2. The lowest BCUT2D eigenvalue weighted by Crippen LogP contribution is -2.12. The van der Waals surface area contributed by atoms with E-state index in [1.807, 2.05) is 55.5 Å². The van der Waals surface area contributed by atoms with Crippen LogP contribution in [0.25, 0.3) is 0 Å². The molecule has 0 heterocycles. The Morgan fingerprint density at radius 3 is 2.41 bits per heavy atom. The first-order chi connectivity index (χ1) is 19.8. The summed E-state index contributed by atoms with van der Waals surface area (Å²) in [7, 11) is 1.66. The molecule has 3 aromatic carbocycles. The number of halogens is 1. The van der Waals surface area contributed by atoms with Crippen molar-refractivity contribution in [3.63, 3.8) is 0 Å². The molecule has 3 nitrogen and oxygen atoms in total. The van der Waals surface area contributed by atoms with Crippen LogP contribution < -0.4 is 4.74 Å². The average Bonchev–Trinajstić information content (AvgIpc) is 3.61. The quantitative estimate of drug-likeness (QED) is 0.225. The molecule has 0 bridgehead atoms. The number of ether oxygens (including phenoxy) is 1. The summed E-state index contributed by atoms with van der Waals surface area (Å²) in [5.74, 6) is 0.485. The third kappa shape index (κ3) is 6.65. The van der Waals surface area contributed by atoms with Gasteiger partial charge in [-0.15, -0.1) is 0 Å². The summed E-state index contributed by atoms with van der Waals surface area (Å²) in [6.45, 7) is 4.10. The van der Waals surface area contributed by atoms with Gasteiger partial charge in [-0.3, -0.25) is 9.59 Å². The second-order valence-corrected chi connectivity index (χ2v) is 11.3. The van der Waals surface area contributed by atoms with Gasteiger partial charge in [-0.1, -0.05) is 83.5 Å². The van der Waals surface area contributed by atoms with Gasteiger partial charge in [0.2, 0.25) is 0 Å². The number of hydrogen-bond acceptors (Lipinski definition) is 3. The SMILES string of the molecule is COc1c(CCC(=O)CCC2=CCC(C)=C2)cccc1C1CC(c2ccc(F)cc2)C=C1C(=O)c1cccc(C)c1. The van der Waals surface area contributed by atoms with Gasteiger partial charge >= 0.3 is 0 Å². The molecule has 0 aromatic heterocycles. The zero-order chi connectivity index (χ0) is 28.9. The molecule has 0 spiro atoms. The van der Waals surface area contributed by atoms with E-state index in [4.69, 9.17) is 4.74 Å². The second kappa shape index (κ2) is 12.6. The normalized spacial score (nSPS) is 18.1. The van der Waals surface area contributed by atoms with E-state index in [2.05, 4.69) is 19.1 Å². The molecule has 4 heteroatoms. The van der Waals surface area contributed by atoms with E-state index in [9.17, 15) is 14.0 Å². The predicted molar refractivity (Wildman–Crippen MR) is 162 cm³/mol. The maximum atomic E-state index is 13.9. The van der Waals surface area contributed by atoms with E-state index in [0.29, 0.717) is 31.2 Å². The lowest BCUT2D eigenvalue weighted by molar-refractivity contribution is -0.119. The Bertz CT molecular complexity index is 1540. The molecule has 0 aliphatic heterocycles. The van der Waals surface area contributed by atoms with Gasteiger partial charge in [0, 0.05) is 41.4 Å². The third-order valence-corrected chi connectivity index (χ3v) is 8.28. The summed E-state index contributed by atoms with van der Waals surface area (Å²) < 4.78 is 19.6. The van der Waals surface area contributed by atoms with Crippen molar-refractivity contribution in [2.75, 3.05) is 7.11 Å². The number of Topliss-reactive ketones (excluding diaryl/α,β-unsaturated/α-hetero) is 2. The molecular weight excluding hydrogens is 511 g/mol. The third-order valence-electron chi connectivity index (χ3n) is 8.28. The van der Waals surface area contributed by atoms with Gasteiger partial charge < -0.3 is 4.74 Å². The lowest BCUT2D eigenvalue weighted by Gasteiger charge is -2.21. The first-order valence-electron chi connectivity index (χ1n) is 14.4. The minimum absolute atomic E-state index is 0.00329. The average molecular weight is 549 g/mol. The summed E-state index contributed by atoms with van der Waals surface area (Å²) in [6.07, 6.45) is 10.5. The van der Waals surface area contributed by atoms with Crippen molar-refractivity contribution < 1.29 is 18.7 Å². The van der Waals surface area contributed by atoms with Crippen LogP contribution in [0.2, 0.25) is 0 Å². The largest absolute Gasteiger partial charge is 0.496 e. The van der Waals surface area contributed by atoms with E-state index in [-0.39, 0.29) is 29.2 Å². The number of rotatable bonds is 11. The van der Waals surface area contributed by atoms with E-state index in [1.165, 1.54) is 23.3 Å². The number of allylic oxidation sites excluding steroid dienone is 6. The lowest BCUT2D eigenvalue weighted by atomic mass is 9.84. The molecule has 0 N–H and O–H groups in total. The fraction of sp³-hybridized carbons (Fsp3) is 0.297. The standard InChI is InChI=1S/C37H37FO3/c1-24-6-4-8-29(21-24)36(40)35-23-30(27-13-16-31(38)17-14-27)22-34(35)33-9-5-7-28(37(33)41-3)15-19-32(39)18-12-26-11-10-25(2)20-26/h4-9,11,13-14,16-17,20-21,23,30,34H,10,12,15,18-19,22H2,1-3H3. The van der Waals surface area contributed by atoms with Gasteiger partial charge in [-0.2, -0.15) is 0 Å². The fourth-order valence-corrected chi connectivity index (χ4v) is 6.11. The maximum Gasteiger partial charge on any atom is 0.189 e. The zero-order valence-corrected chi connectivity index (χ0v) is 24.1. The van der Waals surface area contributed by atoms with Crippen molar-refractivity contribution in [3.05, 3.63) is 135 Å². The first-order valence-corrected chi connectivity index (χ1v) is 14.4. The Balaban J connectivity index is 1.40. The molecule has 2 unspecified atom stereocenters. The number of para-hydroxylation sites is 1. The van der Waals surface area contributed by atoms with Gasteiger partial charge in [0.05, 0.1) is 7.11 Å². The number of benzene rings is 3. The van der Waals surface area contributed by atoms with Gasteiger partial charge in [-0.25, -0.2) is 4.39 Å². The summed E-state index contributed by atoms with van der Waals surface area (Å²) >= 11 is 0. The van der Waals surface area contributed by atoms with Crippen LogP contribution in [0.5, 0.6) is 5.75 Å². The van der Waals surface area contributed by atoms with Crippen LogP contribution in [0.3, 0.4) is 0 Å². The van der Waals surface area contributed by atoms with Crippen molar-refractivity contribution in [3.8, 4) is 5.75 Å². The van der Waals surface area contributed by atoms with E-state index in [0.717, 1.165) is 46.4 Å². The smallest absolute Gasteiger partial charge is 0.189 e. The molecule has 2 atom stereocenters. The molecule has 0 amide bonds. The molecule has 0 saturated heterocycles. The zero-order valence-electron chi connectivity index (χ0n) is 24.1. The minimum atomic E-state index is -0.279. The van der Waals surface area contributed by atoms with Gasteiger partial charge in [0.1, 0.15) is 17.3 Å². The Morgan fingerprint density at radius 1 is 0.951 bits per heavy atom. The molecule has 0 fully saturated rings. The van der Waals surface area contributed by atoms with Crippen LogP contribution in [0.4, 0.5) is 4.39 Å². The van der Waals surface area contributed by atoms with Crippen LogP contribution in [0.15, 0.2) is 102 Å². The van der Waals surface area contributed by atoms with Crippen molar-refractivity contribution in [2.24, 2.45) is 0 Å². The molecule has 5 rings (SSSR count). The van der Waals surface area contributed by atoms with E-state index in [1.54, 1.807) is 19.2 Å². The van der Waals surface area contributed by atoms with Crippen LogP contribution in [-0.2, 0) is 11.2 Å². The Morgan fingerprint density at radius 2 is 1.71 bits per heavy atom. The van der Waals surface area contributed by atoms with Gasteiger partial charge in [0.25, 0.3) is 0 Å². The monoisotopic (exact) mass is 548 g/mol. The second-order valence-electron chi connectivity index (χ2n) is 11.3. The summed E-state index contributed by atoms with van der Waals surface area (Å²) in [4.78, 5) is 26.7. The highest BCUT2D eigenvalue weighted by atomic mass is 19.1. The van der Waals surface area contributed by atoms with Gasteiger partial charge in [-0.05, 0) is 68.9 Å². The highest BCUT2D eigenvalue weighted by molar-refractivity contribution is 6.10. The topological polar surface area (TPSA) is 43.4 Å². The molecule has 210 valence electrons. The number of aryl methyl sites for hydroxylation is 2. The molecule has 41 heavy (non-hydrogen) atoms. The van der Waals surface area contributed by atoms with E-state index < -0.39 is 0 Å². The minimum Gasteiger partial charge on any atom is -0.496 e. The van der Waals surface area contributed by atoms with Crippen LogP contribution >= 0.6 is 0 Å². The molecule has 3 aromatic rings. The van der Waals surface area contributed by atoms with Crippen molar-refractivity contribution in [1.82, 2.24) is 0 Å². The Kier molecular flexibility index (Phi) is 8.78.